The predicted octanol–water partition coefficient (Wildman–Crippen LogP) is 3.69. The van der Waals surface area contributed by atoms with E-state index in [9.17, 15) is 0 Å². The molecule has 1 saturated carbocycles. The molecule has 0 aromatic carbocycles. The molecule has 0 aromatic rings. The Morgan fingerprint density at radius 3 is 2.53 bits per heavy atom. The minimum atomic E-state index is 0.801. The van der Waals surface area contributed by atoms with Gasteiger partial charge in [-0.15, -0.1) is 0 Å². The van der Waals surface area contributed by atoms with Gasteiger partial charge in [0, 0.05) is 11.3 Å². The summed E-state index contributed by atoms with van der Waals surface area (Å²) in [6, 6.07) is 0.801. The quantitative estimate of drug-likeness (QED) is 0.714. The molecule has 1 nitrogen and oxygen atoms in total. The summed E-state index contributed by atoms with van der Waals surface area (Å²) in [7, 11) is 0. The molecule has 1 fully saturated rings. The first-order valence-corrected chi connectivity index (χ1v) is 7.71. The third-order valence-corrected chi connectivity index (χ3v) is 4.98. The van der Waals surface area contributed by atoms with Crippen molar-refractivity contribution in [3.63, 3.8) is 0 Å². The molecule has 0 amide bonds. The summed E-state index contributed by atoms with van der Waals surface area (Å²) in [6.07, 6.45) is 6.90. The van der Waals surface area contributed by atoms with Crippen molar-refractivity contribution >= 4 is 11.8 Å². The van der Waals surface area contributed by atoms with Gasteiger partial charge in [0.15, 0.2) is 0 Å². The van der Waals surface area contributed by atoms with E-state index < -0.39 is 0 Å². The van der Waals surface area contributed by atoms with Crippen LogP contribution in [0.1, 0.15) is 52.9 Å². The molecule has 0 bridgehead atoms. The van der Waals surface area contributed by atoms with E-state index in [-0.39, 0.29) is 0 Å². The summed E-state index contributed by atoms with van der Waals surface area (Å²) in [6.45, 7) is 8.13. The van der Waals surface area contributed by atoms with Crippen LogP contribution in [-0.2, 0) is 0 Å². The van der Waals surface area contributed by atoms with Gasteiger partial charge in [0.05, 0.1) is 0 Å². The van der Waals surface area contributed by atoms with Crippen molar-refractivity contribution in [2.45, 2.75) is 64.2 Å². The molecule has 1 N–H and O–H groups in total. The second-order valence-electron chi connectivity index (χ2n) is 4.62. The van der Waals surface area contributed by atoms with E-state index in [0.717, 1.165) is 17.2 Å². The van der Waals surface area contributed by atoms with Crippen LogP contribution in [0.25, 0.3) is 0 Å². The van der Waals surface area contributed by atoms with Gasteiger partial charge in [-0.3, -0.25) is 0 Å². The van der Waals surface area contributed by atoms with Crippen LogP contribution in [0.3, 0.4) is 0 Å². The van der Waals surface area contributed by atoms with Crippen LogP contribution in [0.5, 0.6) is 0 Å². The normalized spacial score (nSPS) is 26.4. The molecule has 0 spiro atoms. The van der Waals surface area contributed by atoms with Gasteiger partial charge in [-0.05, 0) is 31.1 Å². The maximum absolute atomic E-state index is 3.80. The first kappa shape index (κ1) is 13.4. The van der Waals surface area contributed by atoms with Gasteiger partial charge in [0.1, 0.15) is 0 Å². The van der Waals surface area contributed by atoms with Crippen LogP contribution >= 0.6 is 11.8 Å². The highest BCUT2D eigenvalue weighted by Gasteiger charge is 2.26. The lowest BCUT2D eigenvalue weighted by atomic mass is 10.0. The van der Waals surface area contributed by atoms with E-state index in [4.69, 9.17) is 0 Å². The van der Waals surface area contributed by atoms with Gasteiger partial charge in [-0.25, -0.2) is 0 Å². The van der Waals surface area contributed by atoms with Crippen molar-refractivity contribution in [1.29, 1.82) is 0 Å². The van der Waals surface area contributed by atoms with Gasteiger partial charge in [-0.1, -0.05) is 40.0 Å². The Morgan fingerprint density at radius 2 is 1.93 bits per heavy atom. The van der Waals surface area contributed by atoms with Crippen LogP contribution in [0.4, 0.5) is 0 Å². The average Bonchev–Trinajstić information content (AvgIpc) is 2.68. The summed E-state index contributed by atoms with van der Waals surface area (Å²) in [5, 5.41) is 4.69. The van der Waals surface area contributed by atoms with Crippen molar-refractivity contribution in [1.82, 2.24) is 5.32 Å². The third kappa shape index (κ3) is 4.36. The number of hydrogen-bond acceptors (Lipinski definition) is 2. The highest BCUT2D eigenvalue weighted by molar-refractivity contribution is 7.99. The second-order valence-corrected chi connectivity index (χ2v) is 6.14. The Hall–Kier alpha value is 0.310. The van der Waals surface area contributed by atoms with Crippen LogP contribution in [0.2, 0.25) is 0 Å². The average molecular weight is 229 g/mol. The molecule has 0 aliphatic heterocycles. The van der Waals surface area contributed by atoms with Crippen LogP contribution in [0.15, 0.2) is 0 Å². The maximum Gasteiger partial charge on any atom is 0.0201 e. The highest BCUT2D eigenvalue weighted by atomic mass is 32.2. The van der Waals surface area contributed by atoms with E-state index in [0.29, 0.717) is 0 Å². The summed E-state index contributed by atoms with van der Waals surface area (Å²) < 4.78 is 0. The molecule has 90 valence electrons. The third-order valence-electron chi connectivity index (χ3n) is 3.66. The van der Waals surface area contributed by atoms with Crippen LogP contribution in [0, 0.1) is 5.92 Å². The van der Waals surface area contributed by atoms with Gasteiger partial charge < -0.3 is 5.32 Å². The molecule has 2 atom stereocenters. The Kier molecular flexibility index (Phi) is 6.74. The van der Waals surface area contributed by atoms with Crippen LogP contribution < -0.4 is 5.32 Å². The lowest BCUT2D eigenvalue weighted by molar-refractivity contribution is 0.412. The monoisotopic (exact) mass is 229 g/mol. The smallest absolute Gasteiger partial charge is 0.0201 e. The molecule has 0 heterocycles. The largest absolute Gasteiger partial charge is 0.313 e. The van der Waals surface area contributed by atoms with E-state index in [1.807, 2.05) is 0 Å². The van der Waals surface area contributed by atoms with Crippen LogP contribution in [-0.4, -0.2) is 23.6 Å². The first-order valence-electron chi connectivity index (χ1n) is 6.66. The summed E-state index contributed by atoms with van der Waals surface area (Å²) in [4.78, 5) is 0. The van der Waals surface area contributed by atoms with Crippen molar-refractivity contribution in [3.05, 3.63) is 0 Å². The summed E-state index contributed by atoms with van der Waals surface area (Å²) in [5.41, 5.74) is 0. The van der Waals surface area contributed by atoms with Gasteiger partial charge in [0.25, 0.3) is 0 Å². The minimum absolute atomic E-state index is 0.801. The van der Waals surface area contributed by atoms with E-state index in [2.05, 4.69) is 37.8 Å². The molecule has 0 radical (unpaired) electrons. The number of nitrogens with one attached hydrogen (secondary N) is 1. The highest BCUT2D eigenvalue weighted by Crippen LogP contribution is 2.30. The van der Waals surface area contributed by atoms with Crippen molar-refractivity contribution in [3.8, 4) is 0 Å². The van der Waals surface area contributed by atoms with Gasteiger partial charge >= 0.3 is 0 Å². The fourth-order valence-corrected chi connectivity index (χ4v) is 3.69. The Morgan fingerprint density at radius 1 is 1.20 bits per heavy atom. The molecule has 15 heavy (non-hydrogen) atoms. The Bertz CT molecular complexity index is 157. The fraction of sp³-hybridized carbons (Fsp3) is 1.00. The molecule has 1 aliphatic carbocycles. The van der Waals surface area contributed by atoms with E-state index in [1.54, 1.807) is 0 Å². The lowest BCUT2D eigenvalue weighted by Gasteiger charge is -2.23. The zero-order valence-electron chi connectivity index (χ0n) is 10.6. The molecular formula is C13H27NS. The lowest BCUT2D eigenvalue weighted by Crippen LogP contribution is -2.37. The Labute approximate surface area is 99.8 Å². The Balaban J connectivity index is 2.24. The SMILES string of the molecule is CCSC1CCCC1NCC(CC)CC. The van der Waals surface area contributed by atoms with E-state index in [1.165, 1.54) is 44.4 Å². The molecule has 2 heteroatoms. The number of rotatable bonds is 7. The number of thioether (sulfide) groups is 1. The zero-order valence-corrected chi connectivity index (χ0v) is 11.4. The predicted molar refractivity (Wildman–Crippen MR) is 71.6 cm³/mol. The van der Waals surface area contributed by atoms with Gasteiger partial charge in [-0.2, -0.15) is 11.8 Å². The van der Waals surface area contributed by atoms with E-state index >= 15 is 0 Å². The summed E-state index contributed by atoms with van der Waals surface area (Å²) in [5.74, 6) is 2.16. The maximum atomic E-state index is 3.80. The second kappa shape index (κ2) is 7.56. The van der Waals surface area contributed by atoms with Crippen molar-refractivity contribution < 1.29 is 0 Å². The van der Waals surface area contributed by atoms with Crippen molar-refractivity contribution in [2.75, 3.05) is 12.3 Å². The standard InChI is InChI=1S/C13H27NS/c1-4-11(5-2)10-14-12-8-7-9-13(12)15-6-3/h11-14H,4-10H2,1-3H3. The molecule has 0 aromatic heterocycles. The fourth-order valence-electron chi connectivity index (χ4n) is 2.47. The molecule has 2 unspecified atom stereocenters. The molecule has 0 saturated heterocycles. The minimum Gasteiger partial charge on any atom is -0.313 e. The molecular weight excluding hydrogens is 202 g/mol. The zero-order chi connectivity index (χ0) is 11.1. The topological polar surface area (TPSA) is 12.0 Å². The number of hydrogen-bond donors (Lipinski definition) is 1. The van der Waals surface area contributed by atoms with Gasteiger partial charge in [0.2, 0.25) is 0 Å². The molecule has 1 rings (SSSR count). The first-order chi connectivity index (χ1) is 7.31. The summed E-state index contributed by atoms with van der Waals surface area (Å²) >= 11 is 2.15. The van der Waals surface area contributed by atoms with Crippen molar-refractivity contribution in [2.24, 2.45) is 5.92 Å². The molecule has 1 aliphatic rings.